The van der Waals surface area contributed by atoms with Gasteiger partial charge in [0.2, 0.25) is 0 Å². The van der Waals surface area contributed by atoms with Crippen LogP contribution in [0.2, 0.25) is 0 Å². The minimum absolute atomic E-state index is 0.394. The van der Waals surface area contributed by atoms with Crippen LogP contribution in [0.4, 0.5) is 0 Å². The molecule has 0 spiro atoms. The monoisotopic (exact) mass is 126 g/mol. The third-order valence-electron chi connectivity index (χ3n) is 0.959. The van der Waals surface area contributed by atoms with E-state index in [0.717, 1.165) is 6.42 Å². The number of aliphatic hydroxyl groups is 1. The summed E-state index contributed by atoms with van der Waals surface area (Å²) in [7, 11) is 0. The Bertz CT molecular complexity index is 103. The van der Waals surface area contributed by atoms with E-state index in [0.29, 0.717) is 0 Å². The molecule has 52 valence electrons. The zero-order chi connectivity index (χ0) is 7.11. The molecule has 0 amide bonds. The molecule has 1 atom stereocenters. The van der Waals surface area contributed by atoms with E-state index >= 15 is 0 Å². The van der Waals surface area contributed by atoms with Gasteiger partial charge in [-0.2, -0.15) is 0 Å². The van der Waals surface area contributed by atoms with E-state index in [1.165, 1.54) is 0 Å². The predicted octanol–water partition coefficient (Wildman–Crippen LogP) is 1.89. The summed E-state index contributed by atoms with van der Waals surface area (Å²) in [5.41, 5.74) is 0. The smallest absolute Gasteiger partial charge is 0.0902 e. The van der Waals surface area contributed by atoms with E-state index in [-0.39, 0.29) is 0 Å². The molecule has 1 heteroatoms. The number of rotatable bonds is 3. The van der Waals surface area contributed by atoms with Gasteiger partial charge in [-0.1, -0.05) is 31.2 Å². The van der Waals surface area contributed by atoms with Gasteiger partial charge in [-0.15, -0.1) is 0 Å². The average molecular weight is 126 g/mol. The van der Waals surface area contributed by atoms with Crippen molar-refractivity contribution in [1.82, 2.24) is 0 Å². The molecule has 1 unspecified atom stereocenters. The number of allylic oxidation sites excluding steroid dienone is 2. The highest BCUT2D eigenvalue weighted by atomic mass is 16.3. The Kier molecular flexibility index (Phi) is 5.23. The summed E-state index contributed by atoms with van der Waals surface area (Å²) < 4.78 is 0. The van der Waals surface area contributed by atoms with Crippen LogP contribution >= 0.6 is 0 Å². The van der Waals surface area contributed by atoms with Crippen molar-refractivity contribution in [2.24, 2.45) is 0 Å². The first-order valence-corrected chi connectivity index (χ1v) is 3.28. The lowest BCUT2D eigenvalue weighted by Crippen LogP contribution is -1.94. The summed E-state index contributed by atoms with van der Waals surface area (Å²) in [6.45, 7) is 3.93. The fourth-order valence-electron chi connectivity index (χ4n) is 0.537. The molecule has 0 aliphatic carbocycles. The highest BCUT2D eigenvalue weighted by Gasteiger charge is 1.85. The number of hydrogen-bond donors (Lipinski definition) is 1. The van der Waals surface area contributed by atoms with Crippen LogP contribution in [0, 0.1) is 0 Å². The maximum atomic E-state index is 9.01. The van der Waals surface area contributed by atoms with Crippen LogP contribution in [-0.4, -0.2) is 11.2 Å². The Hall–Kier alpha value is -0.560. The van der Waals surface area contributed by atoms with Gasteiger partial charge < -0.3 is 5.11 Å². The third kappa shape index (κ3) is 5.31. The van der Waals surface area contributed by atoms with Gasteiger partial charge in [0, 0.05) is 0 Å². The molecular formula is C8H14O. The second kappa shape index (κ2) is 5.57. The Labute approximate surface area is 56.7 Å². The first-order valence-electron chi connectivity index (χ1n) is 3.28. The summed E-state index contributed by atoms with van der Waals surface area (Å²) in [5.74, 6) is 0. The van der Waals surface area contributed by atoms with Crippen molar-refractivity contribution < 1.29 is 5.11 Å². The standard InChI is InChI=1S/C8H14O/c1-3-5-7-8(9)6-4-2/h4-9H,3H2,1-2H3. The summed E-state index contributed by atoms with van der Waals surface area (Å²) in [6.07, 6.45) is 7.89. The van der Waals surface area contributed by atoms with Crippen molar-refractivity contribution in [1.29, 1.82) is 0 Å². The molecule has 0 aromatic rings. The molecule has 0 aliphatic heterocycles. The molecule has 0 radical (unpaired) electrons. The number of hydrogen-bond acceptors (Lipinski definition) is 1. The molecule has 0 aliphatic rings. The maximum absolute atomic E-state index is 9.01. The molecular weight excluding hydrogens is 112 g/mol. The molecule has 1 N–H and O–H groups in total. The molecule has 0 bridgehead atoms. The Morgan fingerprint density at radius 2 is 2.11 bits per heavy atom. The average Bonchev–Trinajstić information content (AvgIpc) is 1.85. The summed E-state index contributed by atoms with van der Waals surface area (Å²) in [4.78, 5) is 0. The predicted molar refractivity (Wildman–Crippen MR) is 40.3 cm³/mol. The summed E-state index contributed by atoms with van der Waals surface area (Å²) >= 11 is 0. The van der Waals surface area contributed by atoms with Crippen molar-refractivity contribution in [2.45, 2.75) is 26.4 Å². The summed E-state index contributed by atoms with van der Waals surface area (Å²) in [6, 6.07) is 0. The normalized spacial score (nSPS) is 15.4. The Morgan fingerprint density at radius 1 is 1.44 bits per heavy atom. The first-order chi connectivity index (χ1) is 4.31. The van der Waals surface area contributed by atoms with E-state index in [1.807, 2.05) is 26.0 Å². The van der Waals surface area contributed by atoms with Gasteiger partial charge in [-0.3, -0.25) is 0 Å². The largest absolute Gasteiger partial charge is 0.385 e. The molecule has 0 saturated carbocycles. The Morgan fingerprint density at radius 3 is 2.56 bits per heavy atom. The number of aliphatic hydroxyl groups excluding tert-OH is 1. The van der Waals surface area contributed by atoms with Gasteiger partial charge in [0.25, 0.3) is 0 Å². The molecule has 0 heterocycles. The van der Waals surface area contributed by atoms with Crippen molar-refractivity contribution >= 4 is 0 Å². The van der Waals surface area contributed by atoms with Crippen molar-refractivity contribution in [3.63, 3.8) is 0 Å². The van der Waals surface area contributed by atoms with E-state index in [4.69, 9.17) is 5.11 Å². The van der Waals surface area contributed by atoms with E-state index < -0.39 is 6.10 Å². The van der Waals surface area contributed by atoms with Crippen LogP contribution in [-0.2, 0) is 0 Å². The second-order valence-corrected chi connectivity index (χ2v) is 1.85. The van der Waals surface area contributed by atoms with Crippen LogP contribution in [0.1, 0.15) is 20.3 Å². The lowest BCUT2D eigenvalue weighted by molar-refractivity contribution is 0.271. The van der Waals surface area contributed by atoms with Crippen molar-refractivity contribution in [3.8, 4) is 0 Å². The molecule has 0 aromatic carbocycles. The molecule has 0 fully saturated rings. The minimum atomic E-state index is -0.394. The highest BCUT2D eigenvalue weighted by Crippen LogP contribution is 1.89. The lowest BCUT2D eigenvalue weighted by Gasteiger charge is -1.93. The van der Waals surface area contributed by atoms with Gasteiger partial charge in [-0.05, 0) is 13.3 Å². The van der Waals surface area contributed by atoms with E-state index in [1.54, 1.807) is 12.2 Å². The minimum Gasteiger partial charge on any atom is -0.385 e. The van der Waals surface area contributed by atoms with E-state index in [2.05, 4.69) is 0 Å². The molecule has 0 aromatic heterocycles. The van der Waals surface area contributed by atoms with Crippen LogP contribution in [0.3, 0.4) is 0 Å². The van der Waals surface area contributed by atoms with Gasteiger partial charge in [0.05, 0.1) is 6.10 Å². The van der Waals surface area contributed by atoms with Crippen LogP contribution in [0.15, 0.2) is 24.3 Å². The van der Waals surface area contributed by atoms with Gasteiger partial charge in [0.15, 0.2) is 0 Å². The second-order valence-electron chi connectivity index (χ2n) is 1.85. The highest BCUT2D eigenvalue weighted by molar-refractivity contribution is 4.99. The molecule has 9 heavy (non-hydrogen) atoms. The molecule has 0 rings (SSSR count). The van der Waals surface area contributed by atoms with Crippen LogP contribution in [0.5, 0.6) is 0 Å². The van der Waals surface area contributed by atoms with Gasteiger partial charge in [-0.25, -0.2) is 0 Å². The topological polar surface area (TPSA) is 20.2 Å². The van der Waals surface area contributed by atoms with Gasteiger partial charge in [0.1, 0.15) is 0 Å². The quantitative estimate of drug-likeness (QED) is 0.572. The molecule has 0 saturated heterocycles. The fraction of sp³-hybridized carbons (Fsp3) is 0.500. The third-order valence-corrected chi connectivity index (χ3v) is 0.959. The van der Waals surface area contributed by atoms with Gasteiger partial charge >= 0.3 is 0 Å². The SMILES string of the molecule is CC=CC(O)C=CCC. The van der Waals surface area contributed by atoms with Crippen LogP contribution in [0.25, 0.3) is 0 Å². The molecule has 1 nitrogen and oxygen atoms in total. The van der Waals surface area contributed by atoms with Crippen molar-refractivity contribution in [3.05, 3.63) is 24.3 Å². The lowest BCUT2D eigenvalue weighted by atomic mass is 10.3. The maximum Gasteiger partial charge on any atom is 0.0902 e. The van der Waals surface area contributed by atoms with Crippen LogP contribution < -0.4 is 0 Å². The fourth-order valence-corrected chi connectivity index (χ4v) is 0.537. The Balaban J connectivity index is 3.48. The first kappa shape index (κ1) is 8.44. The zero-order valence-corrected chi connectivity index (χ0v) is 6.04. The van der Waals surface area contributed by atoms with Crippen molar-refractivity contribution in [2.75, 3.05) is 0 Å². The zero-order valence-electron chi connectivity index (χ0n) is 6.04. The van der Waals surface area contributed by atoms with E-state index in [9.17, 15) is 0 Å². The summed E-state index contributed by atoms with van der Waals surface area (Å²) in [5, 5.41) is 9.01.